The van der Waals surface area contributed by atoms with Crippen LogP contribution in [-0.4, -0.2) is 9.78 Å². The highest BCUT2D eigenvalue weighted by Crippen LogP contribution is 2.30. The second-order valence-electron chi connectivity index (χ2n) is 6.00. The lowest BCUT2D eigenvalue weighted by atomic mass is 9.87. The summed E-state index contributed by atoms with van der Waals surface area (Å²) in [6.45, 7) is 8.61. The summed E-state index contributed by atoms with van der Waals surface area (Å²) in [4.78, 5) is 0. The molecule has 0 amide bonds. The minimum absolute atomic E-state index is 0.155. The molecule has 0 atom stereocenters. The summed E-state index contributed by atoms with van der Waals surface area (Å²) >= 11 is 3.49. The zero-order chi connectivity index (χ0) is 14.9. The van der Waals surface area contributed by atoms with E-state index in [9.17, 15) is 0 Å². The largest absolute Gasteiger partial charge is 0.439 e. The van der Waals surface area contributed by atoms with Crippen LogP contribution in [0.4, 0.5) is 0 Å². The highest BCUT2D eigenvalue weighted by Gasteiger charge is 2.16. The Morgan fingerprint density at radius 3 is 2.30 bits per heavy atom. The predicted molar refractivity (Wildman–Crippen MR) is 85.8 cm³/mol. The third-order valence-electron chi connectivity index (χ3n) is 3.36. The fraction of sp³-hybridized carbons (Fsp3) is 0.438. The van der Waals surface area contributed by atoms with Gasteiger partial charge in [0, 0.05) is 17.9 Å². The maximum Gasteiger partial charge on any atom is 0.221 e. The van der Waals surface area contributed by atoms with Gasteiger partial charge in [-0.3, -0.25) is 0 Å². The lowest BCUT2D eigenvalue weighted by Gasteiger charge is -2.19. The summed E-state index contributed by atoms with van der Waals surface area (Å²) in [5.41, 5.74) is 3.53. The van der Waals surface area contributed by atoms with Gasteiger partial charge in [0.25, 0.3) is 0 Å². The molecule has 0 aliphatic carbocycles. The van der Waals surface area contributed by atoms with Crippen LogP contribution in [0.25, 0.3) is 0 Å². The van der Waals surface area contributed by atoms with Gasteiger partial charge >= 0.3 is 0 Å². The molecule has 2 aromatic rings. The summed E-state index contributed by atoms with van der Waals surface area (Å²) in [6, 6.07) is 8.26. The van der Waals surface area contributed by atoms with Gasteiger partial charge in [0.05, 0.1) is 5.69 Å². The highest BCUT2D eigenvalue weighted by molar-refractivity contribution is 9.08. The average molecular weight is 337 g/mol. The molecule has 0 fully saturated rings. The van der Waals surface area contributed by atoms with Crippen molar-refractivity contribution in [3.63, 3.8) is 0 Å². The van der Waals surface area contributed by atoms with Crippen LogP contribution in [0.5, 0.6) is 11.6 Å². The van der Waals surface area contributed by atoms with Crippen molar-refractivity contribution >= 4 is 15.9 Å². The first kappa shape index (κ1) is 15.1. The van der Waals surface area contributed by atoms with Crippen LogP contribution < -0.4 is 4.74 Å². The van der Waals surface area contributed by atoms with E-state index in [1.165, 1.54) is 5.56 Å². The smallest absolute Gasteiger partial charge is 0.221 e. The minimum atomic E-state index is 0.155. The minimum Gasteiger partial charge on any atom is -0.439 e. The highest BCUT2D eigenvalue weighted by atomic mass is 79.9. The first-order chi connectivity index (χ1) is 9.32. The molecular weight excluding hydrogens is 316 g/mol. The molecule has 0 aliphatic heterocycles. The number of alkyl halides is 1. The molecule has 0 unspecified atom stereocenters. The average Bonchev–Trinajstić information content (AvgIpc) is 2.63. The Balaban J connectivity index is 2.27. The van der Waals surface area contributed by atoms with Gasteiger partial charge in [-0.2, -0.15) is 5.10 Å². The van der Waals surface area contributed by atoms with Crippen LogP contribution in [0.15, 0.2) is 24.3 Å². The summed E-state index contributed by atoms with van der Waals surface area (Å²) in [6.07, 6.45) is 0. The summed E-state index contributed by atoms with van der Waals surface area (Å²) in [5, 5.41) is 5.13. The van der Waals surface area contributed by atoms with Gasteiger partial charge in [-0.15, -0.1) is 0 Å². The van der Waals surface area contributed by atoms with E-state index in [-0.39, 0.29) is 5.41 Å². The van der Waals surface area contributed by atoms with E-state index >= 15 is 0 Å². The van der Waals surface area contributed by atoms with Crippen LogP contribution in [0.2, 0.25) is 0 Å². The maximum atomic E-state index is 5.99. The Labute approximate surface area is 129 Å². The number of benzene rings is 1. The van der Waals surface area contributed by atoms with Crippen molar-refractivity contribution in [2.45, 2.75) is 38.4 Å². The molecule has 3 nitrogen and oxygen atoms in total. The number of hydrogen-bond acceptors (Lipinski definition) is 2. The molecule has 2 rings (SSSR count). The van der Waals surface area contributed by atoms with Gasteiger partial charge < -0.3 is 4.74 Å². The number of hydrogen-bond donors (Lipinski definition) is 0. The van der Waals surface area contributed by atoms with E-state index in [0.717, 1.165) is 28.2 Å². The molecule has 0 bridgehead atoms. The molecule has 0 radical (unpaired) electrons. The van der Waals surface area contributed by atoms with Gasteiger partial charge in [-0.1, -0.05) is 48.8 Å². The van der Waals surface area contributed by atoms with Crippen molar-refractivity contribution in [3.8, 4) is 11.6 Å². The van der Waals surface area contributed by atoms with E-state index < -0.39 is 0 Å². The maximum absolute atomic E-state index is 5.99. The Morgan fingerprint density at radius 1 is 1.20 bits per heavy atom. The fourth-order valence-electron chi connectivity index (χ4n) is 2.10. The molecule has 108 valence electrons. The van der Waals surface area contributed by atoms with Crippen molar-refractivity contribution in [3.05, 3.63) is 41.1 Å². The van der Waals surface area contributed by atoms with Crippen LogP contribution in [0.1, 0.15) is 37.6 Å². The van der Waals surface area contributed by atoms with Gasteiger partial charge in [0.2, 0.25) is 5.88 Å². The number of aryl methyl sites for hydroxylation is 2. The fourth-order valence-corrected chi connectivity index (χ4v) is 2.74. The second-order valence-corrected chi connectivity index (χ2v) is 6.56. The monoisotopic (exact) mass is 336 g/mol. The standard InChI is InChI=1S/C16H21BrN2O/c1-11-14(10-17)15(19(5)18-11)20-13-8-6-12(7-9-13)16(2,3)4/h6-9H,10H2,1-5H3. The van der Waals surface area contributed by atoms with E-state index in [1.54, 1.807) is 4.68 Å². The van der Waals surface area contributed by atoms with Crippen LogP contribution in [-0.2, 0) is 17.8 Å². The normalized spacial score (nSPS) is 11.7. The van der Waals surface area contributed by atoms with Crippen molar-refractivity contribution in [2.24, 2.45) is 7.05 Å². The first-order valence-electron chi connectivity index (χ1n) is 6.69. The quantitative estimate of drug-likeness (QED) is 0.758. The second kappa shape index (κ2) is 5.60. The summed E-state index contributed by atoms with van der Waals surface area (Å²) in [7, 11) is 1.90. The zero-order valence-electron chi connectivity index (χ0n) is 12.7. The summed E-state index contributed by atoms with van der Waals surface area (Å²) in [5.74, 6) is 1.63. The molecule has 20 heavy (non-hydrogen) atoms. The van der Waals surface area contributed by atoms with Gasteiger partial charge in [0.1, 0.15) is 5.75 Å². The van der Waals surface area contributed by atoms with Gasteiger partial charge in [-0.25, -0.2) is 4.68 Å². The molecule has 0 saturated heterocycles. The zero-order valence-corrected chi connectivity index (χ0v) is 14.3. The molecule has 4 heteroatoms. The number of nitrogens with zero attached hydrogens (tertiary/aromatic N) is 2. The Morgan fingerprint density at radius 2 is 1.80 bits per heavy atom. The third kappa shape index (κ3) is 3.06. The third-order valence-corrected chi connectivity index (χ3v) is 3.92. The number of halogens is 1. The van der Waals surface area contributed by atoms with E-state index in [0.29, 0.717) is 0 Å². The van der Waals surface area contributed by atoms with Crippen LogP contribution >= 0.6 is 15.9 Å². The van der Waals surface area contributed by atoms with Gasteiger partial charge in [-0.05, 0) is 30.0 Å². The Bertz CT molecular complexity index is 594. The number of ether oxygens (including phenoxy) is 1. The molecule has 1 heterocycles. The topological polar surface area (TPSA) is 27.1 Å². The molecule has 0 spiro atoms. The van der Waals surface area contributed by atoms with Crippen LogP contribution in [0, 0.1) is 6.92 Å². The van der Waals surface area contributed by atoms with Crippen molar-refractivity contribution in [1.82, 2.24) is 9.78 Å². The van der Waals surface area contributed by atoms with E-state index in [2.05, 4.69) is 53.9 Å². The summed E-state index contributed by atoms with van der Waals surface area (Å²) < 4.78 is 7.77. The lowest BCUT2D eigenvalue weighted by Crippen LogP contribution is -2.10. The SMILES string of the molecule is Cc1nn(C)c(Oc2ccc(C(C)(C)C)cc2)c1CBr. The molecule has 0 N–H and O–H groups in total. The van der Waals surface area contributed by atoms with E-state index in [4.69, 9.17) is 4.74 Å². The van der Waals surface area contributed by atoms with Gasteiger partial charge in [0.15, 0.2) is 0 Å². The lowest BCUT2D eigenvalue weighted by molar-refractivity contribution is 0.427. The van der Waals surface area contributed by atoms with E-state index in [1.807, 2.05) is 26.1 Å². The van der Waals surface area contributed by atoms with Crippen molar-refractivity contribution in [2.75, 3.05) is 0 Å². The molecule has 0 aliphatic rings. The molecule has 1 aromatic heterocycles. The Hall–Kier alpha value is -1.29. The Kier molecular flexibility index (Phi) is 4.23. The predicted octanol–water partition coefficient (Wildman–Crippen LogP) is 4.71. The molecule has 1 aromatic carbocycles. The van der Waals surface area contributed by atoms with Crippen molar-refractivity contribution in [1.29, 1.82) is 0 Å². The van der Waals surface area contributed by atoms with Crippen molar-refractivity contribution < 1.29 is 4.74 Å². The number of aromatic nitrogens is 2. The number of rotatable bonds is 3. The first-order valence-corrected chi connectivity index (χ1v) is 7.82. The molecule has 0 saturated carbocycles. The van der Waals surface area contributed by atoms with Crippen LogP contribution in [0.3, 0.4) is 0 Å². The molecular formula is C16H21BrN2O.